The van der Waals surface area contributed by atoms with Crippen molar-refractivity contribution in [3.63, 3.8) is 0 Å². The van der Waals surface area contributed by atoms with Gasteiger partial charge in [0.15, 0.2) is 11.5 Å². The minimum absolute atomic E-state index is 0.0441. The summed E-state index contributed by atoms with van der Waals surface area (Å²) in [7, 11) is 1.48. The fourth-order valence-corrected chi connectivity index (χ4v) is 1.98. The molecule has 0 bridgehead atoms. The molecule has 4 nitrogen and oxygen atoms in total. The maximum atomic E-state index is 9.59. The van der Waals surface area contributed by atoms with Crippen molar-refractivity contribution in [1.29, 1.82) is 0 Å². The number of aliphatic hydroxyl groups is 1. The highest BCUT2D eigenvalue weighted by Crippen LogP contribution is 2.35. The number of benzene rings is 1. The number of hydrogen-bond acceptors (Lipinski definition) is 4. The first-order valence-corrected chi connectivity index (χ1v) is 5.30. The number of ether oxygens (including phenoxy) is 1. The van der Waals surface area contributed by atoms with Crippen molar-refractivity contribution in [3.8, 4) is 11.5 Å². The predicted molar refractivity (Wildman–Crippen MR) is 61.2 cm³/mol. The Morgan fingerprint density at radius 2 is 2.20 bits per heavy atom. The Morgan fingerprint density at radius 3 is 2.67 bits per heavy atom. The van der Waals surface area contributed by atoms with E-state index in [0.717, 1.165) is 10.0 Å². The zero-order valence-corrected chi connectivity index (χ0v) is 9.99. The van der Waals surface area contributed by atoms with Crippen LogP contribution in [0.4, 0.5) is 0 Å². The van der Waals surface area contributed by atoms with Crippen LogP contribution in [0.15, 0.2) is 16.6 Å². The molecule has 5 heteroatoms. The number of aromatic hydroxyl groups is 1. The molecule has 0 fully saturated rings. The number of phenols is 1. The number of hydrogen-bond donors (Lipinski definition) is 3. The summed E-state index contributed by atoms with van der Waals surface area (Å²) in [6, 6.07) is 3.21. The Kier molecular flexibility index (Phi) is 4.38. The maximum Gasteiger partial charge on any atom is 0.161 e. The fourth-order valence-electron chi connectivity index (χ4n) is 1.34. The lowest BCUT2D eigenvalue weighted by atomic mass is 10.00. The van der Waals surface area contributed by atoms with Crippen LogP contribution in [0.1, 0.15) is 11.5 Å². The summed E-state index contributed by atoms with van der Waals surface area (Å²) < 4.78 is 5.72. The summed E-state index contributed by atoms with van der Waals surface area (Å²) in [6.07, 6.45) is 0. The van der Waals surface area contributed by atoms with Gasteiger partial charge in [-0.3, -0.25) is 0 Å². The Balaban J connectivity index is 3.14. The van der Waals surface area contributed by atoms with Crippen LogP contribution in [0.2, 0.25) is 0 Å². The number of phenolic OH excluding ortho intramolecular Hbond substituents is 1. The third-order valence-electron chi connectivity index (χ3n) is 2.24. The lowest BCUT2D eigenvalue weighted by Crippen LogP contribution is -2.16. The van der Waals surface area contributed by atoms with Crippen molar-refractivity contribution in [2.75, 3.05) is 20.3 Å². The molecule has 4 N–H and O–H groups in total. The summed E-state index contributed by atoms with van der Waals surface area (Å²) in [5.41, 5.74) is 6.29. The van der Waals surface area contributed by atoms with E-state index in [9.17, 15) is 5.11 Å². The van der Waals surface area contributed by atoms with Gasteiger partial charge < -0.3 is 20.7 Å². The van der Waals surface area contributed by atoms with Crippen LogP contribution in [-0.2, 0) is 0 Å². The van der Waals surface area contributed by atoms with Crippen LogP contribution >= 0.6 is 15.9 Å². The second-order valence-corrected chi connectivity index (χ2v) is 4.02. The van der Waals surface area contributed by atoms with Crippen molar-refractivity contribution in [1.82, 2.24) is 0 Å². The summed E-state index contributed by atoms with van der Waals surface area (Å²) in [6.45, 7) is 0.266. The van der Waals surface area contributed by atoms with E-state index >= 15 is 0 Å². The summed E-state index contributed by atoms with van der Waals surface area (Å²) in [4.78, 5) is 0. The molecule has 0 amide bonds. The van der Waals surface area contributed by atoms with Gasteiger partial charge in [-0.2, -0.15) is 0 Å². The zero-order chi connectivity index (χ0) is 11.4. The molecule has 0 aliphatic heterocycles. The molecule has 0 spiro atoms. The molecule has 1 aromatic carbocycles. The average Bonchev–Trinajstić information content (AvgIpc) is 2.24. The van der Waals surface area contributed by atoms with Crippen LogP contribution < -0.4 is 10.5 Å². The van der Waals surface area contributed by atoms with Crippen molar-refractivity contribution in [3.05, 3.63) is 22.2 Å². The Labute approximate surface area is 96.8 Å². The van der Waals surface area contributed by atoms with E-state index in [2.05, 4.69) is 15.9 Å². The van der Waals surface area contributed by atoms with Gasteiger partial charge in [0.1, 0.15) is 0 Å². The van der Waals surface area contributed by atoms with E-state index in [1.54, 1.807) is 12.1 Å². The quantitative estimate of drug-likeness (QED) is 0.772. The largest absolute Gasteiger partial charge is 0.504 e. The first-order chi connectivity index (χ1) is 7.13. The molecule has 0 saturated heterocycles. The minimum atomic E-state index is -0.184. The number of rotatable bonds is 4. The number of nitrogens with two attached hydrogens (primary N) is 1. The van der Waals surface area contributed by atoms with Crippen molar-refractivity contribution in [2.24, 2.45) is 5.73 Å². The lowest BCUT2D eigenvalue weighted by Gasteiger charge is -2.15. The van der Waals surface area contributed by atoms with Gasteiger partial charge in [0, 0.05) is 16.9 Å². The molecule has 0 saturated carbocycles. The van der Waals surface area contributed by atoms with Gasteiger partial charge in [-0.15, -0.1) is 0 Å². The van der Waals surface area contributed by atoms with Gasteiger partial charge in [-0.25, -0.2) is 0 Å². The van der Waals surface area contributed by atoms with Gasteiger partial charge in [-0.05, 0) is 17.7 Å². The monoisotopic (exact) mass is 275 g/mol. The van der Waals surface area contributed by atoms with E-state index in [4.69, 9.17) is 15.6 Å². The van der Waals surface area contributed by atoms with Gasteiger partial charge in [-0.1, -0.05) is 15.9 Å². The van der Waals surface area contributed by atoms with Crippen LogP contribution in [-0.4, -0.2) is 30.5 Å². The molecule has 0 aromatic heterocycles. The molecule has 0 aliphatic rings. The van der Waals surface area contributed by atoms with Gasteiger partial charge in [0.2, 0.25) is 0 Å². The minimum Gasteiger partial charge on any atom is -0.504 e. The topological polar surface area (TPSA) is 75.7 Å². The molecular formula is C10H14BrNO3. The van der Waals surface area contributed by atoms with Crippen molar-refractivity contribution in [2.45, 2.75) is 5.92 Å². The normalized spacial score (nSPS) is 12.5. The molecule has 1 atom stereocenters. The van der Waals surface area contributed by atoms with Crippen LogP contribution in [0.5, 0.6) is 11.5 Å². The second kappa shape index (κ2) is 5.34. The van der Waals surface area contributed by atoms with Crippen LogP contribution in [0.3, 0.4) is 0 Å². The summed E-state index contributed by atoms with van der Waals surface area (Å²) in [5, 5.41) is 18.7. The fraction of sp³-hybridized carbons (Fsp3) is 0.400. The predicted octanol–water partition coefficient (Wildman–Crippen LogP) is 1.20. The maximum absolute atomic E-state index is 9.59. The third kappa shape index (κ3) is 2.62. The highest BCUT2D eigenvalue weighted by Gasteiger charge is 2.15. The van der Waals surface area contributed by atoms with Gasteiger partial charge in [0.25, 0.3) is 0 Å². The lowest BCUT2D eigenvalue weighted by molar-refractivity contribution is 0.267. The standard InChI is InChI=1S/C10H14BrNO3/c1-15-10-3-8(11)7(2-9(10)14)6(4-12)5-13/h2-3,6,13-14H,4-5,12H2,1H3. The van der Waals surface area contributed by atoms with E-state index in [0.29, 0.717) is 12.3 Å². The van der Waals surface area contributed by atoms with Crippen molar-refractivity contribution < 1.29 is 14.9 Å². The zero-order valence-electron chi connectivity index (χ0n) is 8.40. The number of methoxy groups -OCH3 is 1. The highest BCUT2D eigenvalue weighted by atomic mass is 79.9. The van der Waals surface area contributed by atoms with E-state index in [1.165, 1.54) is 7.11 Å². The number of halogens is 1. The molecule has 84 valence electrons. The van der Waals surface area contributed by atoms with Gasteiger partial charge >= 0.3 is 0 Å². The Bertz CT molecular complexity index is 340. The molecule has 1 unspecified atom stereocenters. The van der Waals surface area contributed by atoms with Crippen LogP contribution in [0.25, 0.3) is 0 Å². The molecule has 0 radical (unpaired) electrons. The second-order valence-electron chi connectivity index (χ2n) is 3.16. The molecular weight excluding hydrogens is 262 g/mol. The van der Waals surface area contributed by atoms with E-state index in [1.807, 2.05) is 0 Å². The van der Waals surface area contributed by atoms with Gasteiger partial charge in [0.05, 0.1) is 13.7 Å². The van der Waals surface area contributed by atoms with Crippen molar-refractivity contribution >= 4 is 15.9 Å². The summed E-state index contributed by atoms with van der Waals surface area (Å²) >= 11 is 3.35. The molecule has 1 rings (SSSR count). The first-order valence-electron chi connectivity index (χ1n) is 4.51. The molecule has 0 heterocycles. The summed E-state index contributed by atoms with van der Waals surface area (Å²) in [5.74, 6) is 0.248. The molecule has 1 aromatic rings. The smallest absolute Gasteiger partial charge is 0.161 e. The third-order valence-corrected chi connectivity index (χ3v) is 2.93. The highest BCUT2D eigenvalue weighted by molar-refractivity contribution is 9.10. The first kappa shape index (κ1) is 12.3. The Hall–Kier alpha value is -0.780. The van der Waals surface area contributed by atoms with E-state index < -0.39 is 0 Å². The molecule has 0 aliphatic carbocycles. The number of aliphatic hydroxyl groups excluding tert-OH is 1. The SMILES string of the molecule is COc1cc(Br)c(C(CN)CO)cc1O. The van der Waals surface area contributed by atoms with Crippen LogP contribution in [0, 0.1) is 0 Å². The average molecular weight is 276 g/mol. The Morgan fingerprint density at radius 1 is 1.53 bits per heavy atom. The molecule has 15 heavy (non-hydrogen) atoms. The van der Waals surface area contributed by atoms with E-state index in [-0.39, 0.29) is 18.3 Å².